The van der Waals surface area contributed by atoms with Crippen LogP contribution in [0, 0.1) is 0 Å². The van der Waals surface area contributed by atoms with E-state index in [1.807, 2.05) is 43.3 Å². The summed E-state index contributed by atoms with van der Waals surface area (Å²) in [6.07, 6.45) is 3.93. The van der Waals surface area contributed by atoms with Crippen LogP contribution in [-0.4, -0.2) is 60.7 Å². The van der Waals surface area contributed by atoms with Gasteiger partial charge in [0, 0.05) is 26.9 Å². The van der Waals surface area contributed by atoms with Gasteiger partial charge in [-0.15, -0.1) is 34.3 Å². The number of thioether (sulfide) groups is 1. The number of nitrogen functional groups attached to an aromatic ring is 2. The van der Waals surface area contributed by atoms with Gasteiger partial charge in [0.2, 0.25) is 0 Å². The van der Waals surface area contributed by atoms with Crippen LogP contribution < -0.4 is 30.4 Å². The van der Waals surface area contributed by atoms with Crippen molar-refractivity contribution in [3.05, 3.63) is 63.6 Å². The molecule has 0 saturated heterocycles. The smallest absolute Gasteiger partial charge is 0.192 e. The predicted molar refractivity (Wildman–Crippen MR) is 219 cm³/mol. The fraction of sp³-hybridized carbons (Fsp3) is 0.421. The molecule has 3 aromatic heterocycles. The Morgan fingerprint density at radius 3 is 1.59 bits per heavy atom. The molecule has 0 aliphatic heterocycles. The van der Waals surface area contributed by atoms with Crippen molar-refractivity contribution >= 4 is 57.7 Å². The van der Waals surface area contributed by atoms with Crippen molar-refractivity contribution in [3.8, 4) is 44.1 Å². The number of aromatic nitrogens is 4. The molecule has 10 nitrogen and oxygen atoms in total. The summed E-state index contributed by atoms with van der Waals surface area (Å²) in [5, 5.41) is 2.17. The average molecular weight is 821 g/mol. The van der Waals surface area contributed by atoms with E-state index in [1.165, 1.54) is 27.6 Å². The summed E-state index contributed by atoms with van der Waals surface area (Å²) in [7, 11) is 3.12. The van der Waals surface area contributed by atoms with Gasteiger partial charge in [-0.3, -0.25) is 0 Å². The maximum absolute atomic E-state index is 12.6. The summed E-state index contributed by atoms with van der Waals surface area (Å²) >= 11 is 11.0. The Hall–Kier alpha value is -3.92. The van der Waals surface area contributed by atoms with Gasteiger partial charge in [-0.05, 0) is 63.1 Å². The van der Waals surface area contributed by atoms with E-state index in [1.54, 1.807) is 36.9 Å². The highest BCUT2D eigenvalue weighted by Crippen LogP contribution is 2.42. The molecule has 2 unspecified atom stereocenters. The molecule has 0 radical (unpaired) electrons. The van der Waals surface area contributed by atoms with Gasteiger partial charge in [0.1, 0.15) is 48.2 Å². The average Bonchev–Trinajstić information content (AvgIpc) is 3.78. The molecule has 0 bridgehead atoms. The largest absolute Gasteiger partial charge is 0.493 e. The minimum Gasteiger partial charge on any atom is -0.493 e. The summed E-state index contributed by atoms with van der Waals surface area (Å²) in [4.78, 5) is 20.6. The first kappa shape index (κ1) is 42.8. The number of benzene rings is 2. The highest BCUT2D eigenvalue weighted by molar-refractivity contribution is 7.99. The molecule has 4 N–H and O–H groups in total. The van der Waals surface area contributed by atoms with Crippen molar-refractivity contribution in [1.82, 2.24) is 19.9 Å². The molecule has 3 heterocycles. The Morgan fingerprint density at radius 1 is 0.704 bits per heavy atom. The van der Waals surface area contributed by atoms with Crippen molar-refractivity contribution in [2.24, 2.45) is 0 Å². The first-order valence-electron chi connectivity index (χ1n) is 17.5. The van der Waals surface area contributed by atoms with Crippen LogP contribution in [-0.2, 0) is 12.8 Å². The highest BCUT2D eigenvalue weighted by Gasteiger charge is 2.21. The third kappa shape index (κ3) is 11.5. The second kappa shape index (κ2) is 21.2. The summed E-state index contributed by atoms with van der Waals surface area (Å²) in [5.41, 5.74) is 15.3. The molecule has 0 spiro atoms. The second-order valence-corrected chi connectivity index (χ2v) is 16.0. The van der Waals surface area contributed by atoms with E-state index in [0.717, 1.165) is 58.2 Å². The van der Waals surface area contributed by atoms with Crippen LogP contribution in [0.4, 0.5) is 20.4 Å². The van der Waals surface area contributed by atoms with Gasteiger partial charge in [-0.1, -0.05) is 38.5 Å². The number of anilines is 2. The third-order valence-corrected chi connectivity index (χ3v) is 11.2. The standard InChI is InChI=1S/C21H26FN5O2S2.C17H21ClFNO2S/c1-4-5-16-19(12(2)30-21-25-17(23)11-18(24)26-21)27-20(31-16)13-6-7-14(28-3)15(10-13)29-9-8-22;1-4-5-15-16(11(2)18)20-17(23-15)12-6-7-13(21-3)14(10-12)22-9-8-19/h6-7,10-12H,4-5,8-9H2,1-3H3,(H4,23,24,25,26);6-7,10-11H,4-5,8-9H2,1-3H3. The third-order valence-electron chi connectivity index (χ3n) is 7.69. The summed E-state index contributed by atoms with van der Waals surface area (Å²) in [6.45, 7) is 7.14. The van der Waals surface area contributed by atoms with Crippen LogP contribution in [0.5, 0.6) is 23.0 Å². The van der Waals surface area contributed by atoms with Crippen molar-refractivity contribution in [3.63, 3.8) is 0 Å². The maximum atomic E-state index is 12.6. The van der Waals surface area contributed by atoms with Crippen LogP contribution in [0.3, 0.4) is 0 Å². The molecular formula is C38H47ClF2N6O4S3. The first-order chi connectivity index (χ1) is 26.0. The fourth-order valence-corrected chi connectivity index (χ4v) is 9.06. The van der Waals surface area contributed by atoms with Crippen molar-refractivity contribution in [1.29, 1.82) is 0 Å². The molecular weight excluding hydrogens is 774 g/mol. The number of hydrogen-bond acceptors (Lipinski definition) is 13. The predicted octanol–water partition coefficient (Wildman–Crippen LogP) is 10.3. The van der Waals surface area contributed by atoms with Gasteiger partial charge in [0.15, 0.2) is 28.2 Å². The van der Waals surface area contributed by atoms with E-state index in [0.29, 0.717) is 39.8 Å². The summed E-state index contributed by atoms with van der Waals surface area (Å²) in [6, 6.07) is 12.7. The number of nitrogens with zero attached hydrogens (tertiary/aromatic N) is 4. The Balaban J connectivity index is 0.000000252. The van der Waals surface area contributed by atoms with Crippen LogP contribution in [0.25, 0.3) is 21.1 Å². The Kier molecular flexibility index (Phi) is 16.8. The number of alkyl halides is 3. The number of halogens is 3. The van der Waals surface area contributed by atoms with Gasteiger partial charge < -0.3 is 30.4 Å². The number of nitrogens with two attached hydrogens (primary N) is 2. The SMILES string of the molecule is CCCc1sc(-c2ccc(OC)c(OCCF)c2)nc1C(C)Cl.CCCc1sc(-c2ccc(OC)c(OCCF)c2)nc1C(C)Sc1nc(N)cc(N)n1. The number of methoxy groups -OCH3 is 2. The normalized spacial score (nSPS) is 12.1. The van der Waals surface area contributed by atoms with Gasteiger partial charge in [0.25, 0.3) is 0 Å². The second-order valence-electron chi connectivity index (χ2n) is 11.8. The van der Waals surface area contributed by atoms with Gasteiger partial charge >= 0.3 is 0 Å². The lowest BCUT2D eigenvalue weighted by Gasteiger charge is -2.11. The Morgan fingerprint density at radius 2 is 1.17 bits per heavy atom. The summed E-state index contributed by atoms with van der Waals surface area (Å²) < 4.78 is 46.5. The van der Waals surface area contributed by atoms with Gasteiger partial charge in [-0.2, -0.15) is 0 Å². The zero-order valence-electron chi connectivity index (χ0n) is 31.3. The van der Waals surface area contributed by atoms with Crippen LogP contribution in [0.15, 0.2) is 47.6 Å². The molecule has 0 aliphatic rings. The van der Waals surface area contributed by atoms with Crippen molar-refractivity contribution in [2.45, 2.75) is 69.2 Å². The van der Waals surface area contributed by atoms with Crippen LogP contribution in [0.1, 0.15) is 72.3 Å². The number of aryl methyl sites for hydroxylation is 2. The van der Waals surface area contributed by atoms with E-state index < -0.39 is 13.3 Å². The lowest BCUT2D eigenvalue weighted by molar-refractivity contribution is 0.260. The van der Waals surface area contributed by atoms with E-state index in [9.17, 15) is 8.78 Å². The molecule has 16 heteroatoms. The quantitative estimate of drug-likeness (QED) is 0.0496. The van der Waals surface area contributed by atoms with Gasteiger partial charge in [-0.25, -0.2) is 28.7 Å². The minimum absolute atomic E-state index is 0.00271. The van der Waals surface area contributed by atoms with E-state index in [2.05, 4.69) is 30.7 Å². The molecule has 0 saturated carbocycles. The molecule has 2 aromatic carbocycles. The van der Waals surface area contributed by atoms with Gasteiger partial charge in [0.05, 0.1) is 36.2 Å². The minimum atomic E-state index is -0.569. The van der Waals surface area contributed by atoms with E-state index in [4.69, 9.17) is 52.0 Å². The highest BCUT2D eigenvalue weighted by atomic mass is 35.5. The molecule has 5 rings (SSSR count). The van der Waals surface area contributed by atoms with Crippen LogP contribution >= 0.6 is 46.0 Å². The topological polar surface area (TPSA) is 141 Å². The first-order valence-corrected chi connectivity index (χ1v) is 20.4. The Labute approximate surface area is 333 Å². The van der Waals surface area contributed by atoms with E-state index in [-0.39, 0.29) is 23.8 Å². The molecule has 5 aromatic rings. The molecule has 2 atom stereocenters. The number of hydrogen-bond donors (Lipinski definition) is 2. The lowest BCUT2D eigenvalue weighted by atomic mass is 10.2. The van der Waals surface area contributed by atoms with Crippen LogP contribution in [0.2, 0.25) is 0 Å². The molecule has 0 fully saturated rings. The lowest BCUT2D eigenvalue weighted by Crippen LogP contribution is -2.01. The zero-order valence-corrected chi connectivity index (χ0v) is 34.5. The van der Waals surface area contributed by atoms with Crippen molar-refractivity contribution < 1.29 is 27.7 Å². The molecule has 0 aliphatic carbocycles. The zero-order chi connectivity index (χ0) is 39.2. The molecule has 54 heavy (non-hydrogen) atoms. The van der Waals surface area contributed by atoms with Crippen molar-refractivity contribution in [2.75, 3.05) is 52.2 Å². The Bertz CT molecular complexity index is 1930. The molecule has 0 amide bonds. The number of thiazole rings is 2. The number of rotatable bonds is 18. The fourth-order valence-electron chi connectivity index (χ4n) is 5.29. The van der Waals surface area contributed by atoms with E-state index >= 15 is 0 Å². The monoisotopic (exact) mass is 820 g/mol. The number of ether oxygens (including phenoxy) is 4. The maximum Gasteiger partial charge on any atom is 0.192 e. The summed E-state index contributed by atoms with van der Waals surface area (Å²) in [5.74, 6) is 2.84. The molecule has 292 valence electrons.